The summed E-state index contributed by atoms with van der Waals surface area (Å²) in [4.78, 5) is 19.4. The zero-order valence-electron chi connectivity index (χ0n) is 16.1. The molecule has 1 saturated heterocycles. The highest BCUT2D eigenvalue weighted by atomic mass is 19.1. The van der Waals surface area contributed by atoms with Gasteiger partial charge in [0.25, 0.3) is 5.91 Å². The van der Waals surface area contributed by atoms with Gasteiger partial charge in [-0.05, 0) is 25.1 Å². The summed E-state index contributed by atoms with van der Waals surface area (Å²) in [6, 6.07) is 10.1. The number of carbonyl (C=O) groups excluding carboxylic acids is 1. The van der Waals surface area contributed by atoms with Crippen molar-refractivity contribution in [1.29, 1.82) is 0 Å². The zero-order chi connectivity index (χ0) is 20.2. The summed E-state index contributed by atoms with van der Waals surface area (Å²) in [5, 5.41) is 7.13. The topological polar surface area (TPSA) is 72.3 Å². The molecule has 1 aromatic carbocycles. The Hall–Kier alpha value is -3.26. The highest BCUT2D eigenvalue weighted by Gasteiger charge is 2.19. The second-order valence-corrected chi connectivity index (χ2v) is 6.78. The van der Waals surface area contributed by atoms with E-state index in [1.807, 2.05) is 12.1 Å². The molecule has 0 atom stereocenters. The number of para-hydroxylation sites is 1. The minimum absolute atomic E-state index is 0.262. The third kappa shape index (κ3) is 3.97. The SMILES string of the molecule is Cc1c(C(=O)NCc2cccnc2N2CCOCC2)cnn1-c1ccccc1F. The smallest absolute Gasteiger partial charge is 0.255 e. The van der Waals surface area contributed by atoms with E-state index >= 15 is 0 Å². The Bertz CT molecular complexity index is 1010. The molecule has 0 radical (unpaired) electrons. The third-order valence-electron chi connectivity index (χ3n) is 4.95. The van der Waals surface area contributed by atoms with Crippen molar-refractivity contribution in [2.75, 3.05) is 31.2 Å². The number of morpholine rings is 1. The molecule has 1 fully saturated rings. The quantitative estimate of drug-likeness (QED) is 0.719. The summed E-state index contributed by atoms with van der Waals surface area (Å²) in [5.74, 6) is 0.202. The lowest BCUT2D eigenvalue weighted by Gasteiger charge is -2.29. The molecule has 29 heavy (non-hydrogen) atoms. The van der Waals surface area contributed by atoms with Gasteiger partial charge in [-0.25, -0.2) is 14.1 Å². The van der Waals surface area contributed by atoms with Crippen LogP contribution in [0.15, 0.2) is 48.8 Å². The van der Waals surface area contributed by atoms with Crippen LogP contribution < -0.4 is 10.2 Å². The lowest BCUT2D eigenvalue weighted by molar-refractivity contribution is 0.0950. The second-order valence-electron chi connectivity index (χ2n) is 6.78. The number of hydrogen-bond donors (Lipinski definition) is 1. The predicted molar refractivity (Wildman–Crippen MR) is 107 cm³/mol. The average Bonchev–Trinajstić information content (AvgIpc) is 3.14. The number of benzene rings is 1. The molecule has 1 N–H and O–H groups in total. The fraction of sp³-hybridized carbons (Fsp3) is 0.286. The van der Waals surface area contributed by atoms with Crippen molar-refractivity contribution in [1.82, 2.24) is 20.1 Å². The van der Waals surface area contributed by atoms with Gasteiger partial charge in [-0.3, -0.25) is 4.79 Å². The van der Waals surface area contributed by atoms with Gasteiger partial charge in [0.15, 0.2) is 0 Å². The molecule has 4 rings (SSSR count). The van der Waals surface area contributed by atoms with Crippen molar-refractivity contribution in [3.63, 3.8) is 0 Å². The highest BCUT2D eigenvalue weighted by Crippen LogP contribution is 2.20. The molecule has 2 aromatic heterocycles. The van der Waals surface area contributed by atoms with Crippen molar-refractivity contribution in [2.45, 2.75) is 13.5 Å². The van der Waals surface area contributed by atoms with Gasteiger partial charge in [-0.1, -0.05) is 18.2 Å². The standard InChI is InChI=1S/C21H22FN5O2/c1-15-17(14-25-27(15)19-7-3-2-6-18(19)22)21(28)24-13-16-5-4-8-23-20(16)26-9-11-29-12-10-26/h2-8,14H,9-13H2,1H3,(H,24,28). The van der Waals surface area contributed by atoms with Gasteiger partial charge >= 0.3 is 0 Å². The van der Waals surface area contributed by atoms with Crippen LogP contribution in [-0.4, -0.2) is 47.0 Å². The molecule has 0 bridgehead atoms. The second kappa shape index (κ2) is 8.40. The predicted octanol–water partition coefficient (Wildman–Crippen LogP) is 2.48. The van der Waals surface area contributed by atoms with E-state index in [9.17, 15) is 9.18 Å². The van der Waals surface area contributed by atoms with E-state index in [4.69, 9.17) is 4.74 Å². The monoisotopic (exact) mass is 395 g/mol. The molecule has 1 amide bonds. The minimum Gasteiger partial charge on any atom is -0.378 e. The molecule has 0 aliphatic carbocycles. The molecule has 7 nitrogen and oxygen atoms in total. The number of pyridine rings is 1. The van der Waals surface area contributed by atoms with Crippen LogP contribution in [0.1, 0.15) is 21.6 Å². The Kier molecular flexibility index (Phi) is 5.53. The summed E-state index contributed by atoms with van der Waals surface area (Å²) >= 11 is 0. The Labute approximate surface area is 168 Å². The molecule has 3 aromatic rings. The first-order valence-corrected chi connectivity index (χ1v) is 9.49. The molecule has 0 saturated carbocycles. The van der Waals surface area contributed by atoms with Gasteiger partial charge in [0.2, 0.25) is 0 Å². The maximum absolute atomic E-state index is 14.1. The van der Waals surface area contributed by atoms with Crippen molar-refractivity contribution in [3.05, 3.63) is 71.4 Å². The summed E-state index contributed by atoms with van der Waals surface area (Å²) < 4.78 is 20.9. The first-order chi connectivity index (χ1) is 14.1. The molecule has 1 aliphatic rings. The van der Waals surface area contributed by atoms with Crippen molar-refractivity contribution in [3.8, 4) is 5.69 Å². The number of anilines is 1. The summed E-state index contributed by atoms with van der Waals surface area (Å²) in [6.45, 7) is 4.95. The van der Waals surface area contributed by atoms with Gasteiger partial charge in [-0.2, -0.15) is 5.10 Å². The van der Waals surface area contributed by atoms with E-state index in [0.717, 1.165) is 24.5 Å². The molecular formula is C21H22FN5O2. The lowest BCUT2D eigenvalue weighted by Crippen LogP contribution is -2.37. The highest BCUT2D eigenvalue weighted by molar-refractivity contribution is 5.95. The van der Waals surface area contributed by atoms with Gasteiger partial charge in [0.1, 0.15) is 17.3 Å². The molecule has 3 heterocycles. The number of halogens is 1. The number of hydrogen-bond acceptors (Lipinski definition) is 5. The van der Waals surface area contributed by atoms with Crippen LogP contribution >= 0.6 is 0 Å². The number of ether oxygens (including phenoxy) is 1. The van der Waals surface area contributed by atoms with E-state index < -0.39 is 5.82 Å². The van der Waals surface area contributed by atoms with Crippen LogP contribution in [0.4, 0.5) is 10.2 Å². The largest absolute Gasteiger partial charge is 0.378 e. The van der Waals surface area contributed by atoms with E-state index in [2.05, 4.69) is 20.3 Å². The zero-order valence-corrected chi connectivity index (χ0v) is 16.1. The van der Waals surface area contributed by atoms with Crippen LogP contribution in [0.5, 0.6) is 0 Å². The van der Waals surface area contributed by atoms with Crippen LogP contribution in [0.3, 0.4) is 0 Å². The normalized spacial score (nSPS) is 14.1. The first kappa shape index (κ1) is 19.1. The van der Waals surface area contributed by atoms with Crippen LogP contribution in [0, 0.1) is 12.7 Å². The first-order valence-electron chi connectivity index (χ1n) is 9.49. The summed E-state index contributed by atoms with van der Waals surface area (Å²) in [6.07, 6.45) is 3.21. The van der Waals surface area contributed by atoms with Crippen molar-refractivity contribution in [2.24, 2.45) is 0 Å². The molecule has 1 aliphatic heterocycles. The van der Waals surface area contributed by atoms with Crippen LogP contribution in [0.2, 0.25) is 0 Å². The van der Waals surface area contributed by atoms with E-state index in [1.54, 1.807) is 31.3 Å². The number of nitrogens with zero attached hydrogens (tertiary/aromatic N) is 4. The van der Waals surface area contributed by atoms with E-state index in [0.29, 0.717) is 36.7 Å². The number of carbonyl (C=O) groups is 1. The molecular weight excluding hydrogens is 373 g/mol. The molecule has 0 unspecified atom stereocenters. The molecule has 8 heteroatoms. The Morgan fingerprint density at radius 2 is 2.00 bits per heavy atom. The summed E-state index contributed by atoms with van der Waals surface area (Å²) in [5.41, 5.74) is 2.23. The van der Waals surface area contributed by atoms with Gasteiger partial charge in [0.05, 0.1) is 30.7 Å². The lowest BCUT2D eigenvalue weighted by atomic mass is 10.2. The number of rotatable bonds is 5. The Balaban J connectivity index is 1.50. The molecule has 0 spiro atoms. The Morgan fingerprint density at radius 3 is 2.79 bits per heavy atom. The minimum atomic E-state index is -0.392. The fourth-order valence-corrected chi connectivity index (χ4v) is 3.40. The maximum Gasteiger partial charge on any atom is 0.255 e. The van der Waals surface area contributed by atoms with E-state index in [-0.39, 0.29) is 5.91 Å². The fourth-order valence-electron chi connectivity index (χ4n) is 3.40. The van der Waals surface area contributed by atoms with Crippen molar-refractivity contribution < 1.29 is 13.9 Å². The Morgan fingerprint density at radius 1 is 1.21 bits per heavy atom. The average molecular weight is 395 g/mol. The third-order valence-corrected chi connectivity index (χ3v) is 4.95. The molecule has 150 valence electrons. The van der Waals surface area contributed by atoms with Gasteiger partial charge < -0.3 is 15.0 Å². The van der Waals surface area contributed by atoms with Gasteiger partial charge in [0, 0.05) is 31.4 Å². The summed E-state index contributed by atoms with van der Waals surface area (Å²) in [7, 11) is 0. The number of nitrogens with one attached hydrogen (secondary N) is 1. The van der Waals surface area contributed by atoms with Crippen LogP contribution in [0.25, 0.3) is 5.69 Å². The number of amides is 1. The van der Waals surface area contributed by atoms with Gasteiger partial charge in [-0.15, -0.1) is 0 Å². The maximum atomic E-state index is 14.1. The number of aromatic nitrogens is 3. The van der Waals surface area contributed by atoms with Crippen molar-refractivity contribution >= 4 is 11.7 Å². The van der Waals surface area contributed by atoms with Crippen LogP contribution in [-0.2, 0) is 11.3 Å². The van der Waals surface area contributed by atoms with E-state index in [1.165, 1.54) is 16.9 Å².